The Morgan fingerprint density at radius 2 is 2.05 bits per heavy atom. The number of rotatable bonds is 7. The standard InChI is InChI=1S/C17H23NO2S.ClH/c1-12-6-7-13(2)16(9-12)20-11-15(19)10-18-14(3)17-5-4-8-21-17;/h4-9,14-15,18-19H,10-11H2,1-3H3;1H. The zero-order chi connectivity index (χ0) is 15.2. The summed E-state index contributed by atoms with van der Waals surface area (Å²) >= 11 is 1.72. The second kappa shape index (κ2) is 9.16. The molecule has 22 heavy (non-hydrogen) atoms. The van der Waals surface area contributed by atoms with Crippen LogP contribution in [0.25, 0.3) is 0 Å². The van der Waals surface area contributed by atoms with Gasteiger partial charge < -0.3 is 15.2 Å². The summed E-state index contributed by atoms with van der Waals surface area (Å²) in [5.74, 6) is 0.848. The molecule has 0 saturated carbocycles. The molecular formula is C17H24ClNO2S. The average molecular weight is 342 g/mol. The van der Waals surface area contributed by atoms with Crippen LogP contribution in [0.15, 0.2) is 35.7 Å². The highest BCUT2D eigenvalue weighted by Gasteiger charge is 2.10. The maximum Gasteiger partial charge on any atom is 0.122 e. The van der Waals surface area contributed by atoms with Crippen LogP contribution in [-0.2, 0) is 0 Å². The van der Waals surface area contributed by atoms with Gasteiger partial charge in [0.25, 0.3) is 0 Å². The smallest absolute Gasteiger partial charge is 0.122 e. The minimum atomic E-state index is -0.521. The van der Waals surface area contributed by atoms with Crippen molar-refractivity contribution in [2.24, 2.45) is 0 Å². The fourth-order valence-corrected chi connectivity index (χ4v) is 2.82. The minimum Gasteiger partial charge on any atom is -0.491 e. The van der Waals surface area contributed by atoms with Gasteiger partial charge in [0.1, 0.15) is 18.5 Å². The molecule has 5 heteroatoms. The van der Waals surface area contributed by atoms with Crippen LogP contribution in [0.3, 0.4) is 0 Å². The molecule has 0 spiro atoms. The molecule has 1 aromatic heterocycles. The fourth-order valence-electron chi connectivity index (χ4n) is 2.06. The average Bonchev–Trinajstić information content (AvgIpc) is 3.00. The number of ether oxygens (including phenoxy) is 1. The van der Waals surface area contributed by atoms with E-state index in [1.54, 1.807) is 11.3 Å². The van der Waals surface area contributed by atoms with Gasteiger partial charge in [0.05, 0.1) is 0 Å². The maximum atomic E-state index is 10.0. The van der Waals surface area contributed by atoms with Gasteiger partial charge in [-0.1, -0.05) is 18.2 Å². The fraction of sp³-hybridized carbons (Fsp3) is 0.412. The molecule has 0 saturated heterocycles. The summed E-state index contributed by atoms with van der Waals surface area (Å²) in [4.78, 5) is 1.28. The van der Waals surface area contributed by atoms with Crippen LogP contribution in [-0.4, -0.2) is 24.4 Å². The molecule has 0 aliphatic heterocycles. The van der Waals surface area contributed by atoms with Crippen LogP contribution < -0.4 is 10.1 Å². The van der Waals surface area contributed by atoms with Crippen LogP contribution >= 0.6 is 23.7 Å². The number of hydrogen-bond donors (Lipinski definition) is 2. The molecule has 2 rings (SSSR count). The highest BCUT2D eigenvalue weighted by molar-refractivity contribution is 7.10. The number of aliphatic hydroxyl groups excluding tert-OH is 1. The van der Waals surface area contributed by atoms with E-state index in [2.05, 4.69) is 29.8 Å². The molecule has 2 unspecified atom stereocenters. The third-order valence-electron chi connectivity index (χ3n) is 3.40. The number of benzene rings is 1. The first-order valence-electron chi connectivity index (χ1n) is 7.21. The van der Waals surface area contributed by atoms with Gasteiger partial charge in [-0.25, -0.2) is 0 Å². The molecule has 0 amide bonds. The first-order valence-corrected chi connectivity index (χ1v) is 8.09. The van der Waals surface area contributed by atoms with Crippen molar-refractivity contribution >= 4 is 23.7 Å². The lowest BCUT2D eigenvalue weighted by atomic mass is 10.1. The van der Waals surface area contributed by atoms with Gasteiger partial charge in [-0.15, -0.1) is 23.7 Å². The molecule has 2 atom stereocenters. The molecule has 3 nitrogen and oxygen atoms in total. The first-order chi connectivity index (χ1) is 10.1. The normalized spacial score (nSPS) is 13.3. The third kappa shape index (κ3) is 5.61. The highest BCUT2D eigenvalue weighted by atomic mass is 35.5. The van der Waals surface area contributed by atoms with E-state index >= 15 is 0 Å². The largest absolute Gasteiger partial charge is 0.491 e. The first kappa shape index (κ1) is 19.0. The Bertz CT molecular complexity index is 560. The van der Waals surface area contributed by atoms with Crippen molar-refractivity contribution in [2.75, 3.05) is 13.2 Å². The number of aryl methyl sites for hydroxylation is 2. The molecule has 2 aromatic rings. The molecule has 0 radical (unpaired) electrons. The van der Waals surface area contributed by atoms with Gasteiger partial charge in [-0.2, -0.15) is 0 Å². The molecule has 0 aliphatic carbocycles. The van der Waals surface area contributed by atoms with Crippen molar-refractivity contribution in [1.82, 2.24) is 5.32 Å². The number of nitrogens with one attached hydrogen (secondary N) is 1. The van der Waals surface area contributed by atoms with Gasteiger partial charge >= 0.3 is 0 Å². The van der Waals surface area contributed by atoms with Gasteiger partial charge in [0, 0.05) is 17.5 Å². The number of aliphatic hydroxyl groups is 1. The molecule has 1 heterocycles. The quantitative estimate of drug-likeness (QED) is 0.803. The molecule has 122 valence electrons. The second-order valence-electron chi connectivity index (χ2n) is 5.38. The predicted molar refractivity (Wildman–Crippen MR) is 95.4 cm³/mol. The monoisotopic (exact) mass is 341 g/mol. The Morgan fingerprint density at radius 1 is 1.27 bits per heavy atom. The summed E-state index contributed by atoms with van der Waals surface area (Å²) in [5, 5.41) is 15.4. The summed E-state index contributed by atoms with van der Waals surface area (Å²) in [6.07, 6.45) is -0.521. The van der Waals surface area contributed by atoms with Gasteiger partial charge in [0.2, 0.25) is 0 Å². The molecular weight excluding hydrogens is 318 g/mol. The van der Waals surface area contributed by atoms with Crippen molar-refractivity contribution in [3.63, 3.8) is 0 Å². The Morgan fingerprint density at radius 3 is 2.73 bits per heavy atom. The SMILES string of the molecule is Cc1ccc(C)c(OCC(O)CNC(C)c2cccs2)c1.Cl. The second-order valence-corrected chi connectivity index (χ2v) is 6.36. The van der Waals surface area contributed by atoms with Crippen LogP contribution in [0, 0.1) is 13.8 Å². The van der Waals surface area contributed by atoms with Crippen molar-refractivity contribution in [3.05, 3.63) is 51.7 Å². The summed E-state index contributed by atoms with van der Waals surface area (Å²) in [6.45, 7) is 6.97. The van der Waals surface area contributed by atoms with Crippen LogP contribution in [0.5, 0.6) is 5.75 Å². The topological polar surface area (TPSA) is 41.5 Å². The van der Waals surface area contributed by atoms with Crippen molar-refractivity contribution < 1.29 is 9.84 Å². The summed E-state index contributed by atoms with van der Waals surface area (Å²) in [5.41, 5.74) is 2.25. The van der Waals surface area contributed by atoms with Crippen LogP contribution in [0.2, 0.25) is 0 Å². The summed E-state index contributed by atoms with van der Waals surface area (Å²) in [7, 11) is 0. The molecule has 1 aromatic carbocycles. The van der Waals surface area contributed by atoms with Crippen molar-refractivity contribution in [3.8, 4) is 5.75 Å². The molecule has 2 N–H and O–H groups in total. The van der Waals surface area contributed by atoms with Gasteiger partial charge in [-0.3, -0.25) is 0 Å². The zero-order valence-electron chi connectivity index (χ0n) is 13.2. The summed E-state index contributed by atoms with van der Waals surface area (Å²) < 4.78 is 5.72. The van der Waals surface area contributed by atoms with E-state index in [0.717, 1.165) is 16.9 Å². The summed E-state index contributed by atoms with van der Waals surface area (Å²) in [6, 6.07) is 10.5. The van der Waals surface area contributed by atoms with E-state index in [1.165, 1.54) is 4.88 Å². The van der Waals surface area contributed by atoms with E-state index in [4.69, 9.17) is 4.74 Å². The minimum absolute atomic E-state index is 0. The Balaban J connectivity index is 0.00000242. The van der Waals surface area contributed by atoms with Crippen LogP contribution in [0.4, 0.5) is 0 Å². The molecule has 0 bridgehead atoms. The number of hydrogen-bond acceptors (Lipinski definition) is 4. The maximum absolute atomic E-state index is 10.0. The lowest BCUT2D eigenvalue weighted by Crippen LogP contribution is -2.32. The van der Waals surface area contributed by atoms with Gasteiger partial charge in [-0.05, 0) is 49.4 Å². The Labute approximate surface area is 142 Å². The Kier molecular flexibility index (Phi) is 7.90. The van der Waals surface area contributed by atoms with E-state index in [-0.39, 0.29) is 18.4 Å². The molecule has 0 fully saturated rings. The van der Waals surface area contributed by atoms with E-state index < -0.39 is 6.10 Å². The number of halogens is 1. The highest BCUT2D eigenvalue weighted by Crippen LogP contribution is 2.20. The lowest BCUT2D eigenvalue weighted by molar-refractivity contribution is 0.104. The van der Waals surface area contributed by atoms with E-state index in [0.29, 0.717) is 13.2 Å². The Hall–Kier alpha value is -1.07. The number of thiophene rings is 1. The van der Waals surface area contributed by atoms with Crippen molar-refractivity contribution in [1.29, 1.82) is 0 Å². The predicted octanol–water partition coefficient (Wildman–Crippen LogP) is 3.88. The van der Waals surface area contributed by atoms with E-state index in [1.807, 2.05) is 32.0 Å². The van der Waals surface area contributed by atoms with E-state index in [9.17, 15) is 5.11 Å². The van der Waals surface area contributed by atoms with Crippen molar-refractivity contribution in [2.45, 2.75) is 32.9 Å². The lowest BCUT2D eigenvalue weighted by Gasteiger charge is -2.17. The third-order valence-corrected chi connectivity index (χ3v) is 4.46. The molecule has 0 aliphatic rings. The zero-order valence-corrected chi connectivity index (χ0v) is 14.8. The van der Waals surface area contributed by atoms with Crippen LogP contribution in [0.1, 0.15) is 29.0 Å². The van der Waals surface area contributed by atoms with Gasteiger partial charge in [0.15, 0.2) is 0 Å².